The van der Waals surface area contributed by atoms with E-state index in [-0.39, 0.29) is 5.60 Å². The van der Waals surface area contributed by atoms with Gasteiger partial charge in [0.2, 0.25) is 0 Å². The van der Waals surface area contributed by atoms with Crippen LogP contribution in [-0.4, -0.2) is 12.2 Å². The molecule has 2 nitrogen and oxygen atoms in total. The van der Waals surface area contributed by atoms with Gasteiger partial charge in [-0.2, -0.15) is 0 Å². The summed E-state index contributed by atoms with van der Waals surface area (Å²) in [6.45, 7) is 9.64. The van der Waals surface area contributed by atoms with Crippen LogP contribution in [0.3, 0.4) is 0 Å². The lowest BCUT2D eigenvalue weighted by molar-refractivity contribution is -0.366. The zero-order chi connectivity index (χ0) is 17.2. The molecule has 0 heterocycles. The highest BCUT2D eigenvalue weighted by Crippen LogP contribution is 2.31. The summed E-state index contributed by atoms with van der Waals surface area (Å²) in [6.07, 6.45) is 19.2. The Labute approximate surface area is 146 Å². The van der Waals surface area contributed by atoms with Gasteiger partial charge >= 0.3 is 0 Å². The van der Waals surface area contributed by atoms with Crippen molar-refractivity contribution >= 4 is 0 Å². The molecule has 0 spiro atoms. The fourth-order valence-electron chi connectivity index (χ4n) is 3.42. The summed E-state index contributed by atoms with van der Waals surface area (Å²) >= 11 is 0. The van der Waals surface area contributed by atoms with E-state index in [1.807, 2.05) is 0 Å². The van der Waals surface area contributed by atoms with Gasteiger partial charge in [0.05, 0.1) is 6.61 Å². The molecule has 0 amide bonds. The predicted molar refractivity (Wildman–Crippen MR) is 102 cm³/mol. The van der Waals surface area contributed by atoms with E-state index in [2.05, 4.69) is 27.7 Å². The Morgan fingerprint density at radius 2 is 1.04 bits per heavy atom. The fourth-order valence-corrected chi connectivity index (χ4v) is 3.42. The molecule has 0 N–H and O–H groups in total. The molecule has 0 bridgehead atoms. The standard InChI is InChI=1S/C21H44O2/c1-5-9-10-11-12-13-14-15-16-19-21(17-6-2,18-7-3)23-22-20-8-4/h5-20H2,1-4H3. The van der Waals surface area contributed by atoms with Crippen LogP contribution in [0.25, 0.3) is 0 Å². The lowest BCUT2D eigenvalue weighted by Crippen LogP contribution is -2.33. The second-order valence-corrected chi connectivity index (χ2v) is 7.17. The Morgan fingerprint density at radius 3 is 1.52 bits per heavy atom. The molecule has 0 saturated heterocycles. The Hall–Kier alpha value is -0.0800. The third-order valence-corrected chi connectivity index (χ3v) is 4.67. The average molecular weight is 329 g/mol. The highest BCUT2D eigenvalue weighted by molar-refractivity contribution is 4.79. The molecule has 0 aromatic heterocycles. The first-order valence-corrected chi connectivity index (χ1v) is 10.5. The normalized spacial score (nSPS) is 12.0. The van der Waals surface area contributed by atoms with Crippen molar-refractivity contribution < 1.29 is 9.78 Å². The molecular formula is C21H44O2. The van der Waals surface area contributed by atoms with Crippen LogP contribution >= 0.6 is 0 Å². The molecule has 0 rings (SSSR count). The maximum Gasteiger partial charge on any atom is 0.104 e. The first kappa shape index (κ1) is 22.9. The average Bonchev–Trinajstić information content (AvgIpc) is 2.54. The van der Waals surface area contributed by atoms with E-state index in [4.69, 9.17) is 9.78 Å². The summed E-state index contributed by atoms with van der Waals surface area (Å²) < 4.78 is 0. The lowest BCUT2D eigenvalue weighted by Gasteiger charge is -2.32. The molecule has 0 unspecified atom stereocenters. The molecule has 140 valence electrons. The largest absolute Gasteiger partial charge is 0.236 e. The molecule has 0 aromatic rings. The summed E-state index contributed by atoms with van der Waals surface area (Å²) in [5, 5.41) is 0. The molecule has 0 saturated carbocycles. The SMILES string of the molecule is CCCCCCCCCCCC(CCC)(CCC)OOCCC. The fraction of sp³-hybridized carbons (Fsp3) is 1.00. The minimum absolute atomic E-state index is 0.0280. The zero-order valence-corrected chi connectivity index (χ0v) is 16.6. The molecular weight excluding hydrogens is 284 g/mol. The maximum atomic E-state index is 5.92. The maximum absolute atomic E-state index is 5.92. The summed E-state index contributed by atoms with van der Waals surface area (Å²) in [6, 6.07) is 0. The van der Waals surface area contributed by atoms with Gasteiger partial charge in [0.1, 0.15) is 5.60 Å². The van der Waals surface area contributed by atoms with Crippen LogP contribution in [0.5, 0.6) is 0 Å². The number of rotatable bonds is 18. The van der Waals surface area contributed by atoms with E-state index in [9.17, 15) is 0 Å². The topological polar surface area (TPSA) is 18.5 Å². The van der Waals surface area contributed by atoms with Crippen molar-refractivity contribution in [3.63, 3.8) is 0 Å². The Bertz CT molecular complexity index is 222. The number of hydrogen-bond acceptors (Lipinski definition) is 2. The minimum atomic E-state index is -0.0280. The van der Waals surface area contributed by atoms with Crippen LogP contribution in [0.2, 0.25) is 0 Å². The van der Waals surface area contributed by atoms with Crippen LogP contribution < -0.4 is 0 Å². The van der Waals surface area contributed by atoms with Crippen LogP contribution in [-0.2, 0) is 9.78 Å². The van der Waals surface area contributed by atoms with Crippen LogP contribution in [0.15, 0.2) is 0 Å². The van der Waals surface area contributed by atoms with Crippen molar-refractivity contribution in [3.8, 4) is 0 Å². The monoisotopic (exact) mass is 328 g/mol. The van der Waals surface area contributed by atoms with Gasteiger partial charge in [-0.3, -0.25) is 0 Å². The molecule has 0 aliphatic heterocycles. The van der Waals surface area contributed by atoms with Crippen molar-refractivity contribution in [1.29, 1.82) is 0 Å². The lowest BCUT2D eigenvalue weighted by atomic mass is 9.87. The summed E-state index contributed by atoms with van der Waals surface area (Å²) in [5.41, 5.74) is -0.0280. The van der Waals surface area contributed by atoms with Crippen molar-refractivity contribution in [2.75, 3.05) is 6.61 Å². The second-order valence-electron chi connectivity index (χ2n) is 7.17. The Morgan fingerprint density at radius 1 is 0.522 bits per heavy atom. The van der Waals surface area contributed by atoms with E-state index >= 15 is 0 Å². The molecule has 0 aliphatic rings. The summed E-state index contributed by atoms with van der Waals surface area (Å²) in [5.74, 6) is 0. The second kappa shape index (κ2) is 16.8. The third kappa shape index (κ3) is 12.9. The minimum Gasteiger partial charge on any atom is -0.236 e. The van der Waals surface area contributed by atoms with Gasteiger partial charge < -0.3 is 0 Å². The van der Waals surface area contributed by atoms with E-state index in [1.54, 1.807) is 0 Å². The van der Waals surface area contributed by atoms with E-state index in [0.29, 0.717) is 6.61 Å². The molecule has 0 fully saturated rings. The molecule has 0 radical (unpaired) electrons. The summed E-state index contributed by atoms with van der Waals surface area (Å²) in [7, 11) is 0. The van der Waals surface area contributed by atoms with Gasteiger partial charge in [-0.1, -0.05) is 98.3 Å². The quantitative estimate of drug-likeness (QED) is 0.146. The van der Waals surface area contributed by atoms with Crippen molar-refractivity contribution in [2.45, 2.75) is 130 Å². The molecule has 0 aromatic carbocycles. The van der Waals surface area contributed by atoms with Crippen LogP contribution in [0, 0.1) is 0 Å². The van der Waals surface area contributed by atoms with Crippen molar-refractivity contribution in [2.24, 2.45) is 0 Å². The highest BCUT2D eigenvalue weighted by Gasteiger charge is 2.30. The van der Waals surface area contributed by atoms with Gasteiger partial charge in [0, 0.05) is 0 Å². The predicted octanol–water partition coefficient (Wildman–Crippen LogP) is 7.60. The molecule has 0 aliphatic carbocycles. The van der Waals surface area contributed by atoms with E-state index in [0.717, 1.165) is 25.7 Å². The van der Waals surface area contributed by atoms with Gasteiger partial charge in [-0.25, -0.2) is 9.78 Å². The van der Waals surface area contributed by atoms with Gasteiger partial charge in [-0.15, -0.1) is 0 Å². The Balaban J connectivity index is 3.93. The number of hydrogen-bond donors (Lipinski definition) is 0. The molecule has 0 atom stereocenters. The van der Waals surface area contributed by atoms with Gasteiger partial charge in [0.15, 0.2) is 0 Å². The molecule has 23 heavy (non-hydrogen) atoms. The van der Waals surface area contributed by atoms with Crippen LogP contribution in [0.4, 0.5) is 0 Å². The smallest absolute Gasteiger partial charge is 0.104 e. The first-order chi connectivity index (χ1) is 11.2. The van der Waals surface area contributed by atoms with Gasteiger partial charge in [0.25, 0.3) is 0 Å². The zero-order valence-electron chi connectivity index (χ0n) is 16.6. The van der Waals surface area contributed by atoms with Crippen molar-refractivity contribution in [1.82, 2.24) is 0 Å². The first-order valence-electron chi connectivity index (χ1n) is 10.5. The van der Waals surface area contributed by atoms with Crippen molar-refractivity contribution in [3.05, 3.63) is 0 Å². The summed E-state index contributed by atoms with van der Waals surface area (Å²) in [4.78, 5) is 11.4. The number of unbranched alkanes of at least 4 members (excludes halogenated alkanes) is 8. The highest BCUT2D eigenvalue weighted by atomic mass is 17.2. The van der Waals surface area contributed by atoms with Gasteiger partial charge in [-0.05, 0) is 25.7 Å². The van der Waals surface area contributed by atoms with Crippen LogP contribution in [0.1, 0.15) is 124 Å². The Kier molecular flexibility index (Phi) is 16.7. The third-order valence-electron chi connectivity index (χ3n) is 4.67. The molecule has 2 heteroatoms. The van der Waals surface area contributed by atoms with E-state index < -0.39 is 0 Å². The van der Waals surface area contributed by atoms with E-state index in [1.165, 1.54) is 70.6 Å².